The van der Waals surface area contributed by atoms with E-state index in [1.807, 2.05) is 54.6 Å². The Morgan fingerprint density at radius 1 is 1.00 bits per heavy atom. The lowest BCUT2D eigenvalue weighted by Gasteiger charge is -1.95. The predicted octanol–water partition coefficient (Wildman–Crippen LogP) is 3.44. The first-order valence-corrected chi connectivity index (χ1v) is 5.75. The lowest BCUT2D eigenvalue weighted by atomic mass is 10.2. The van der Waals surface area contributed by atoms with E-state index in [-0.39, 0.29) is 0 Å². The van der Waals surface area contributed by atoms with Crippen LogP contribution in [0.2, 0.25) is 0 Å². The van der Waals surface area contributed by atoms with Gasteiger partial charge in [-0.05, 0) is 37.1 Å². The number of para-hydroxylation sites is 1. The summed E-state index contributed by atoms with van der Waals surface area (Å²) in [6, 6.07) is 17.9. The van der Waals surface area contributed by atoms with Gasteiger partial charge in [0.1, 0.15) is 0 Å². The third-order valence-corrected chi connectivity index (χ3v) is 2.36. The van der Waals surface area contributed by atoms with Crippen LogP contribution in [0.5, 0.6) is 0 Å². The van der Waals surface area contributed by atoms with Gasteiger partial charge in [0.05, 0.1) is 11.9 Å². The average molecular weight is 234 g/mol. The standard InChI is InChI=1S/C16H14N2/c1-14-9-11-15(12-10-14)6-5-13-17-18-16-7-3-2-4-8-16/h2-4,7-13,18H,1H3/b17-13-. The van der Waals surface area contributed by atoms with Gasteiger partial charge in [0, 0.05) is 5.56 Å². The molecule has 0 spiro atoms. The van der Waals surface area contributed by atoms with Crippen LogP contribution in [-0.2, 0) is 0 Å². The molecule has 0 bridgehead atoms. The van der Waals surface area contributed by atoms with Crippen LogP contribution in [0.1, 0.15) is 11.1 Å². The number of nitrogens with zero attached hydrogens (tertiary/aromatic N) is 1. The van der Waals surface area contributed by atoms with Crippen LogP contribution >= 0.6 is 0 Å². The molecule has 1 N–H and O–H groups in total. The number of hydrazone groups is 1. The maximum atomic E-state index is 4.03. The molecule has 0 fully saturated rings. The molecule has 0 amide bonds. The van der Waals surface area contributed by atoms with Gasteiger partial charge >= 0.3 is 0 Å². The monoisotopic (exact) mass is 234 g/mol. The van der Waals surface area contributed by atoms with E-state index in [9.17, 15) is 0 Å². The van der Waals surface area contributed by atoms with Gasteiger partial charge in [-0.2, -0.15) is 5.10 Å². The largest absolute Gasteiger partial charge is 0.278 e. The van der Waals surface area contributed by atoms with Crippen LogP contribution in [0.25, 0.3) is 0 Å². The molecule has 0 heterocycles. The van der Waals surface area contributed by atoms with Crippen molar-refractivity contribution < 1.29 is 0 Å². The highest BCUT2D eigenvalue weighted by molar-refractivity contribution is 5.79. The van der Waals surface area contributed by atoms with Crippen molar-refractivity contribution in [2.24, 2.45) is 5.10 Å². The Morgan fingerprint density at radius 3 is 2.44 bits per heavy atom. The van der Waals surface area contributed by atoms with Crippen LogP contribution in [0.15, 0.2) is 59.7 Å². The van der Waals surface area contributed by atoms with E-state index in [2.05, 4.69) is 29.3 Å². The summed E-state index contributed by atoms with van der Waals surface area (Å²) in [6.45, 7) is 2.06. The second-order valence-corrected chi connectivity index (χ2v) is 3.87. The fourth-order valence-corrected chi connectivity index (χ4v) is 1.40. The third kappa shape index (κ3) is 3.80. The summed E-state index contributed by atoms with van der Waals surface area (Å²) in [5.74, 6) is 5.91. The predicted molar refractivity (Wildman–Crippen MR) is 76.6 cm³/mol. The van der Waals surface area contributed by atoms with Crippen molar-refractivity contribution in [3.63, 3.8) is 0 Å². The van der Waals surface area contributed by atoms with E-state index >= 15 is 0 Å². The van der Waals surface area contributed by atoms with Crippen molar-refractivity contribution in [2.75, 3.05) is 5.43 Å². The van der Waals surface area contributed by atoms with Crippen molar-refractivity contribution in [3.05, 3.63) is 65.7 Å². The molecule has 0 unspecified atom stereocenters. The maximum Gasteiger partial charge on any atom is 0.0974 e. The Labute approximate surface area is 107 Å². The minimum Gasteiger partial charge on any atom is -0.278 e. The van der Waals surface area contributed by atoms with E-state index in [0.29, 0.717) is 0 Å². The Kier molecular flexibility index (Phi) is 4.16. The molecule has 0 aliphatic carbocycles. The van der Waals surface area contributed by atoms with Gasteiger partial charge in [0.15, 0.2) is 0 Å². The molecule has 88 valence electrons. The summed E-state index contributed by atoms with van der Waals surface area (Å²) in [5, 5.41) is 4.03. The molecule has 2 aromatic carbocycles. The normalized spacial score (nSPS) is 9.83. The molecule has 2 aromatic rings. The summed E-state index contributed by atoms with van der Waals surface area (Å²) in [7, 11) is 0. The van der Waals surface area contributed by atoms with Gasteiger partial charge in [0.2, 0.25) is 0 Å². The molecule has 2 heteroatoms. The minimum atomic E-state index is 0.950. The average Bonchev–Trinajstić information content (AvgIpc) is 2.42. The number of aryl methyl sites for hydroxylation is 1. The Hall–Kier alpha value is -2.53. The highest BCUT2D eigenvalue weighted by Crippen LogP contribution is 2.03. The summed E-state index contributed by atoms with van der Waals surface area (Å²) < 4.78 is 0. The minimum absolute atomic E-state index is 0.950. The number of hydrogen-bond acceptors (Lipinski definition) is 2. The molecule has 0 radical (unpaired) electrons. The highest BCUT2D eigenvalue weighted by atomic mass is 15.3. The maximum absolute atomic E-state index is 4.03. The number of rotatable bonds is 2. The zero-order chi connectivity index (χ0) is 12.6. The smallest absolute Gasteiger partial charge is 0.0974 e. The summed E-state index contributed by atoms with van der Waals surface area (Å²) in [4.78, 5) is 0. The van der Waals surface area contributed by atoms with E-state index in [1.54, 1.807) is 6.21 Å². The molecule has 18 heavy (non-hydrogen) atoms. The van der Waals surface area contributed by atoms with Gasteiger partial charge in [-0.25, -0.2) is 0 Å². The van der Waals surface area contributed by atoms with Gasteiger partial charge in [-0.15, -0.1) is 0 Å². The second kappa shape index (κ2) is 6.27. The topological polar surface area (TPSA) is 24.4 Å². The SMILES string of the molecule is Cc1ccc(C#C/C=N\Nc2ccccc2)cc1. The number of benzene rings is 2. The van der Waals surface area contributed by atoms with Crippen LogP contribution in [-0.4, -0.2) is 6.21 Å². The molecule has 2 nitrogen and oxygen atoms in total. The second-order valence-electron chi connectivity index (χ2n) is 3.87. The van der Waals surface area contributed by atoms with Crippen molar-refractivity contribution in [2.45, 2.75) is 6.92 Å². The number of hydrogen-bond donors (Lipinski definition) is 1. The molecular formula is C16H14N2. The molecule has 0 atom stereocenters. The molecule has 0 saturated heterocycles. The number of nitrogens with one attached hydrogen (secondary N) is 1. The first-order valence-electron chi connectivity index (χ1n) is 5.75. The first kappa shape index (κ1) is 11.9. The van der Waals surface area contributed by atoms with Crippen LogP contribution in [0.4, 0.5) is 5.69 Å². The summed E-state index contributed by atoms with van der Waals surface area (Å²) >= 11 is 0. The lowest BCUT2D eigenvalue weighted by molar-refractivity contribution is 1.36. The van der Waals surface area contributed by atoms with E-state index in [0.717, 1.165) is 11.3 Å². The molecule has 0 saturated carbocycles. The molecule has 2 rings (SSSR count). The fourth-order valence-electron chi connectivity index (χ4n) is 1.40. The van der Waals surface area contributed by atoms with Crippen LogP contribution < -0.4 is 5.43 Å². The highest BCUT2D eigenvalue weighted by Gasteiger charge is 1.85. The van der Waals surface area contributed by atoms with Crippen molar-refractivity contribution in [1.82, 2.24) is 0 Å². The molecule has 0 aliphatic heterocycles. The van der Waals surface area contributed by atoms with Crippen molar-refractivity contribution in [3.8, 4) is 11.8 Å². The quantitative estimate of drug-likeness (QED) is 0.480. The molecule has 0 aliphatic rings. The number of anilines is 1. The van der Waals surface area contributed by atoms with E-state index in [1.165, 1.54) is 5.56 Å². The van der Waals surface area contributed by atoms with Crippen molar-refractivity contribution >= 4 is 11.9 Å². The van der Waals surface area contributed by atoms with Crippen molar-refractivity contribution in [1.29, 1.82) is 0 Å². The lowest BCUT2D eigenvalue weighted by Crippen LogP contribution is -1.87. The fraction of sp³-hybridized carbons (Fsp3) is 0.0625. The summed E-state index contributed by atoms with van der Waals surface area (Å²) in [5.41, 5.74) is 6.09. The Morgan fingerprint density at radius 2 is 1.72 bits per heavy atom. The van der Waals surface area contributed by atoms with E-state index < -0.39 is 0 Å². The van der Waals surface area contributed by atoms with Gasteiger partial charge < -0.3 is 0 Å². The molecular weight excluding hydrogens is 220 g/mol. The third-order valence-electron chi connectivity index (χ3n) is 2.36. The van der Waals surface area contributed by atoms with Gasteiger partial charge in [-0.1, -0.05) is 41.8 Å². The zero-order valence-corrected chi connectivity index (χ0v) is 10.2. The van der Waals surface area contributed by atoms with Crippen LogP contribution in [0.3, 0.4) is 0 Å². The first-order chi connectivity index (χ1) is 8.84. The van der Waals surface area contributed by atoms with Gasteiger partial charge in [-0.3, -0.25) is 5.43 Å². The Bertz CT molecular complexity index is 572. The van der Waals surface area contributed by atoms with E-state index in [4.69, 9.17) is 0 Å². The van der Waals surface area contributed by atoms with Crippen LogP contribution in [0, 0.1) is 18.8 Å². The molecule has 0 aromatic heterocycles. The Balaban J connectivity index is 1.90. The summed E-state index contributed by atoms with van der Waals surface area (Å²) in [6.07, 6.45) is 1.56. The van der Waals surface area contributed by atoms with Gasteiger partial charge in [0.25, 0.3) is 0 Å². The zero-order valence-electron chi connectivity index (χ0n) is 10.2.